The van der Waals surface area contributed by atoms with Crippen molar-refractivity contribution in [2.75, 3.05) is 5.73 Å². The van der Waals surface area contributed by atoms with E-state index in [2.05, 4.69) is 11.6 Å². The van der Waals surface area contributed by atoms with Crippen molar-refractivity contribution in [3.8, 4) is 0 Å². The Morgan fingerprint density at radius 3 is 2.79 bits per heavy atom. The molecule has 2 rings (SSSR count). The van der Waals surface area contributed by atoms with E-state index in [9.17, 15) is 8.42 Å². The zero-order chi connectivity index (χ0) is 13.9. The second-order valence-corrected chi connectivity index (χ2v) is 6.89. The predicted molar refractivity (Wildman–Crippen MR) is 78.6 cm³/mol. The summed E-state index contributed by atoms with van der Waals surface area (Å²) in [6.07, 6.45) is 0.902. The second-order valence-electron chi connectivity index (χ2n) is 4.12. The van der Waals surface area contributed by atoms with Crippen LogP contribution in [0, 0.1) is 0 Å². The molecule has 0 aliphatic rings. The summed E-state index contributed by atoms with van der Waals surface area (Å²) in [5, 5.41) is 1.98. The number of benzene rings is 1. The van der Waals surface area contributed by atoms with Gasteiger partial charge in [-0.1, -0.05) is 13.0 Å². The Morgan fingerprint density at radius 2 is 2.11 bits per heavy atom. The van der Waals surface area contributed by atoms with Crippen molar-refractivity contribution in [2.45, 2.75) is 24.8 Å². The first kappa shape index (κ1) is 14.0. The minimum Gasteiger partial charge on any atom is -0.399 e. The standard InChI is InChI=1S/C13H16N2O2S2/c1-2-10-6-7-18-13(10)9-15-19(16,17)12-5-3-4-11(14)8-12/h3-8,15H,2,9,14H2,1H3. The monoisotopic (exact) mass is 296 g/mol. The van der Waals surface area contributed by atoms with Crippen LogP contribution in [-0.4, -0.2) is 8.42 Å². The van der Waals surface area contributed by atoms with E-state index in [0.717, 1.165) is 11.3 Å². The summed E-state index contributed by atoms with van der Waals surface area (Å²) in [5.41, 5.74) is 7.22. The zero-order valence-electron chi connectivity index (χ0n) is 10.6. The second kappa shape index (κ2) is 5.73. The number of nitrogens with two attached hydrogens (primary N) is 1. The van der Waals surface area contributed by atoms with E-state index in [1.807, 2.05) is 11.4 Å². The summed E-state index contributed by atoms with van der Waals surface area (Å²) >= 11 is 1.56. The zero-order valence-corrected chi connectivity index (χ0v) is 12.2. The number of sulfonamides is 1. The number of aryl methyl sites for hydroxylation is 1. The average Bonchev–Trinajstić information content (AvgIpc) is 2.84. The van der Waals surface area contributed by atoms with E-state index < -0.39 is 10.0 Å². The number of thiophene rings is 1. The van der Waals surface area contributed by atoms with Crippen molar-refractivity contribution < 1.29 is 8.42 Å². The molecule has 0 saturated heterocycles. The summed E-state index contributed by atoms with van der Waals surface area (Å²) in [6, 6.07) is 8.31. The van der Waals surface area contributed by atoms with E-state index in [-0.39, 0.29) is 4.90 Å². The fourth-order valence-corrected chi connectivity index (χ4v) is 3.82. The van der Waals surface area contributed by atoms with Gasteiger partial charge >= 0.3 is 0 Å². The van der Waals surface area contributed by atoms with Gasteiger partial charge in [0.1, 0.15) is 0 Å². The molecule has 0 spiro atoms. The van der Waals surface area contributed by atoms with Crippen LogP contribution in [-0.2, 0) is 23.0 Å². The Balaban J connectivity index is 2.14. The highest BCUT2D eigenvalue weighted by Crippen LogP contribution is 2.18. The highest BCUT2D eigenvalue weighted by atomic mass is 32.2. The molecule has 102 valence electrons. The molecule has 6 heteroatoms. The van der Waals surface area contributed by atoms with Crippen LogP contribution in [0.4, 0.5) is 5.69 Å². The molecule has 0 aliphatic heterocycles. The summed E-state index contributed by atoms with van der Waals surface area (Å²) < 4.78 is 26.8. The Bertz CT molecular complexity index is 663. The average molecular weight is 296 g/mol. The van der Waals surface area contributed by atoms with Gasteiger partial charge in [-0.05, 0) is 41.6 Å². The van der Waals surface area contributed by atoms with Gasteiger partial charge < -0.3 is 5.73 Å². The third kappa shape index (κ3) is 3.34. The first-order chi connectivity index (χ1) is 9.03. The molecular formula is C13H16N2O2S2. The quantitative estimate of drug-likeness (QED) is 0.832. The highest BCUT2D eigenvalue weighted by molar-refractivity contribution is 7.89. The van der Waals surface area contributed by atoms with Crippen molar-refractivity contribution in [3.05, 3.63) is 46.2 Å². The minimum absolute atomic E-state index is 0.196. The molecule has 1 aromatic heterocycles. The minimum atomic E-state index is -3.51. The largest absolute Gasteiger partial charge is 0.399 e. The number of hydrogen-bond donors (Lipinski definition) is 2. The van der Waals surface area contributed by atoms with Gasteiger partial charge in [0, 0.05) is 17.1 Å². The van der Waals surface area contributed by atoms with Crippen LogP contribution in [0.1, 0.15) is 17.4 Å². The molecule has 3 N–H and O–H groups in total. The van der Waals surface area contributed by atoms with Gasteiger partial charge in [0.05, 0.1) is 4.90 Å². The Kier molecular flexibility index (Phi) is 4.24. The summed E-state index contributed by atoms with van der Waals surface area (Å²) in [5.74, 6) is 0. The van der Waals surface area contributed by atoms with Gasteiger partial charge in [-0.2, -0.15) is 0 Å². The fraction of sp³-hybridized carbons (Fsp3) is 0.231. The van der Waals surface area contributed by atoms with Crippen LogP contribution in [0.15, 0.2) is 40.6 Å². The van der Waals surface area contributed by atoms with E-state index >= 15 is 0 Å². The lowest BCUT2D eigenvalue weighted by atomic mass is 10.2. The number of nitrogen functional groups attached to an aromatic ring is 1. The lowest BCUT2D eigenvalue weighted by Crippen LogP contribution is -2.23. The summed E-state index contributed by atoms with van der Waals surface area (Å²) in [6.45, 7) is 2.37. The topological polar surface area (TPSA) is 72.2 Å². The third-order valence-corrected chi connectivity index (χ3v) is 5.17. The first-order valence-corrected chi connectivity index (χ1v) is 8.29. The molecule has 0 amide bonds. The van der Waals surface area contributed by atoms with Crippen LogP contribution in [0.25, 0.3) is 0 Å². The van der Waals surface area contributed by atoms with Crippen LogP contribution in [0.2, 0.25) is 0 Å². The van der Waals surface area contributed by atoms with Crippen molar-refractivity contribution in [2.24, 2.45) is 0 Å². The molecule has 2 aromatic rings. The van der Waals surface area contributed by atoms with E-state index in [1.165, 1.54) is 17.7 Å². The Morgan fingerprint density at radius 1 is 1.32 bits per heavy atom. The third-order valence-electron chi connectivity index (χ3n) is 2.81. The Labute approximate surface area is 117 Å². The van der Waals surface area contributed by atoms with Gasteiger partial charge in [0.25, 0.3) is 0 Å². The molecule has 19 heavy (non-hydrogen) atoms. The molecule has 0 atom stereocenters. The van der Waals surface area contributed by atoms with Crippen LogP contribution >= 0.6 is 11.3 Å². The van der Waals surface area contributed by atoms with Gasteiger partial charge in [-0.25, -0.2) is 13.1 Å². The van der Waals surface area contributed by atoms with Gasteiger partial charge in [-0.3, -0.25) is 0 Å². The number of nitrogens with one attached hydrogen (secondary N) is 1. The van der Waals surface area contributed by atoms with Crippen molar-refractivity contribution in [1.29, 1.82) is 0 Å². The normalized spacial score (nSPS) is 11.6. The van der Waals surface area contributed by atoms with E-state index in [0.29, 0.717) is 12.2 Å². The molecular weight excluding hydrogens is 280 g/mol. The Hall–Kier alpha value is -1.37. The van der Waals surface area contributed by atoms with Crippen LogP contribution in [0.5, 0.6) is 0 Å². The molecule has 0 fully saturated rings. The van der Waals surface area contributed by atoms with Gasteiger partial charge in [-0.15, -0.1) is 11.3 Å². The number of anilines is 1. The molecule has 0 unspecified atom stereocenters. The van der Waals surface area contributed by atoms with Crippen molar-refractivity contribution >= 4 is 27.0 Å². The molecule has 0 radical (unpaired) electrons. The first-order valence-electron chi connectivity index (χ1n) is 5.93. The van der Waals surface area contributed by atoms with E-state index in [4.69, 9.17) is 5.73 Å². The maximum absolute atomic E-state index is 12.1. The lowest BCUT2D eigenvalue weighted by molar-refractivity contribution is 0.581. The maximum atomic E-state index is 12.1. The molecule has 0 saturated carbocycles. The molecule has 1 aromatic carbocycles. The molecule has 1 heterocycles. The highest BCUT2D eigenvalue weighted by Gasteiger charge is 2.14. The van der Waals surface area contributed by atoms with Crippen molar-refractivity contribution in [3.63, 3.8) is 0 Å². The summed E-state index contributed by atoms with van der Waals surface area (Å²) in [4.78, 5) is 1.25. The van der Waals surface area contributed by atoms with Crippen LogP contribution < -0.4 is 10.5 Å². The lowest BCUT2D eigenvalue weighted by Gasteiger charge is -2.07. The maximum Gasteiger partial charge on any atom is 0.240 e. The summed E-state index contributed by atoms with van der Waals surface area (Å²) in [7, 11) is -3.51. The fourth-order valence-electron chi connectivity index (χ4n) is 1.76. The smallest absolute Gasteiger partial charge is 0.240 e. The SMILES string of the molecule is CCc1ccsc1CNS(=O)(=O)c1cccc(N)c1. The van der Waals surface area contributed by atoms with Gasteiger partial charge in [0.15, 0.2) is 0 Å². The molecule has 0 bridgehead atoms. The number of hydrogen-bond acceptors (Lipinski definition) is 4. The van der Waals surface area contributed by atoms with Crippen molar-refractivity contribution in [1.82, 2.24) is 4.72 Å². The molecule has 0 aliphatic carbocycles. The predicted octanol–water partition coefficient (Wildman–Crippen LogP) is 2.37. The van der Waals surface area contributed by atoms with E-state index in [1.54, 1.807) is 23.5 Å². The molecule has 4 nitrogen and oxygen atoms in total. The number of rotatable bonds is 5. The van der Waals surface area contributed by atoms with Gasteiger partial charge in [0.2, 0.25) is 10.0 Å². The van der Waals surface area contributed by atoms with Crippen LogP contribution in [0.3, 0.4) is 0 Å².